The molecule has 0 aliphatic rings. The van der Waals surface area contributed by atoms with Crippen LogP contribution < -0.4 is 10.2 Å². The van der Waals surface area contributed by atoms with Gasteiger partial charge in [-0.15, -0.1) is 0 Å². The van der Waals surface area contributed by atoms with Gasteiger partial charge in [-0.1, -0.05) is 172 Å². The van der Waals surface area contributed by atoms with Gasteiger partial charge in [0.1, 0.15) is 13.2 Å². The summed E-state index contributed by atoms with van der Waals surface area (Å²) < 4.78 is 23.1. The molecule has 0 radical (unpaired) electrons. The molecule has 0 bridgehead atoms. The minimum absolute atomic E-state index is 0.000947. The van der Waals surface area contributed by atoms with Crippen molar-refractivity contribution in [2.75, 3.05) is 40.9 Å². The highest BCUT2D eigenvalue weighted by Gasteiger charge is 2.23. The van der Waals surface area contributed by atoms with Crippen molar-refractivity contribution in [3.63, 3.8) is 0 Å². The van der Waals surface area contributed by atoms with Crippen molar-refractivity contribution >= 4 is 13.7 Å². The smallest absolute Gasteiger partial charge is 0.268 e. The minimum atomic E-state index is -4.58. The van der Waals surface area contributed by atoms with E-state index in [0.29, 0.717) is 17.4 Å². The molecule has 0 aliphatic heterocycles. The number of nitrogens with zero attached hydrogens (tertiary/aromatic N) is 1. The molecule has 0 aromatic carbocycles. The van der Waals surface area contributed by atoms with Gasteiger partial charge in [0.25, 0.3) is 7.82 Å². The molecule has 9 heteroatoms. The summed E-state index contributed by atoms with van der Waals surface area (Å²) in [6, 6.07) is -0.882. The van der Waals surface area contributed by atoms with Gasteiger partial charge in [0.15, 0.2) is 0 Å². The molecule has 2 N–H and O–H groups in total. The van der Waals surface area contributed by atoms with Crippen LogP contribution in [0.25, 0.3) is 0 Å². The predicted molar refractivity (Wildman–Crippen MR) is 224 cm³/mol. The highest BCUT2D eigenvalue weighted by atomic mass is 31.2. The van der Waals surface area contributed by atoms with Gasteiger partial charge in [0.2, 0.25) is 5.91 Å². The fraction of sp³-hybridized carbons (Fsp3) is 0.841. The molecule has 312 valence electrons. The summed E-state index contributed by atoms with van der Waals surface area (Å²) >= 11 is 0. The first kappa shape index (κ1) is 51.7. The number of aliphatic hydroxyl groups excluding tert-OH is 1. The van der Waals surface area contributed by atoms with Gasteiger partial charge in [-0.2, -0.15) is 0 Å². The van der Waals surface area contributed by atoms with Crippen LogP contribution in [0.3, 0.4) is 0 Å². The molecule has 1 amide bonds. The van der Waals surface area contributed by atoms with Crippen LogP contribution in [-0.2, 0) is 18.4 Å². The number of quaternary nitrogens is 1. The molecule has 0 spiro atoms. The highest BCUT2D eigenvalue weighted by Crippen LogP contribution is 2.38. The third-order valence-corrected chi connectivity index (χ3v) is 10.6. The van der Waals surface area contributed by atoms with E-state index >= 15 is 0 Å². The standard InChI is InChI=1S/C44H85N2O6P/c1-6-8-10-12-14-16-18-19-20-21-22-23-24-25-26-27-28-30-32-34-36-38-44(48)45-42(41-52-53(49,50)51-40-39-46(3,4)5)43(47)37-35-33-31-29-17-15-13-11-9-7-2/h8,10,14,16,35,37,42-43,47H,6-7,9,11-13,15,17-34,36,38-41H2,1-5H3,(H-,45,48,49,50)/b10-8-,16-14-,37-35+. The third-order valence-electron chi connectivity index (χ3n) is 9.61. The zero-order valence-corrected chi connectivity index (χ0v) is 36.1. The zero-order valence-electron chi connectivity index (χ0n) is 35.2. The second-order valence-corrected chi connectivity index (χ2v) is 17.4. The van der Waals surface area contributed by atoms with Gasteiger partial charge < -0.3 is 28.8 Å². The van der Waals surface area contributed by atoms with Gasteiger partial charge in [0, 0.05) is 6.42 Å². The van der Waals surface area contributed by atoms with E-state index in [9.17, 15) is 19.4 Å². The number of phosphoric ester groups is 1. The maximum absolute atomic E-state index is 12.8. The van der Waals surface area contributed by atoms with Crippen molar-refractivity contribution in [1.82, 2.24) is 5.32 Å². The number of likely N-dealkylation sites (N-methyl/N-ethyl adjacent to an activating group) is 1. The molecule has 0 aromatic rings. The Hall–Kier alpha value is -1.28. The maximum Gasteiger partial charge on any atom is 0.268 e. The van der Waals surface area contributed by atoms with E-state index in [0.717, 1.165) is 51.4 Å². The first-order chi connectivity index (χ1) is 25.5. The number of hydrogen-bond donors (Lipinski definition) is 2. The number of unbranched alkanes of at least 4 members (excludes halogenated alkanes) is 22. The number of carbonyl (C=O) groups excluding carboxylic acids is 1. The van der Waals surface area contributed by atoms with Crippen molar-refractivity contribution in [2.45, 2.75) is 199 Å². The Labute approximate surface area is 327 Å². The maximum atomic E-state index is 12.8. The number of hydrogen-bond acceptors (Lipinski definition) is 6. The van der Waals surface area contributed by atoms with E-state index in [1.54, 1.807) is 6.08 Å². The summed E-state index contributed by atoms with van der Waals surface area (Å²) in [6.45, 7) is 4.52. The van der Waals surface area contributed by atoms with Gasteiger partial charge in [-0.05, 0) is 44.9 Å². The number of amides is 1. The van der Waals surface area contributed by atoms with E-state index in [1.807, 2.05) is 27.2 Å². The summed E-state index contributed by atoms with van der Waals surface area (Å²) in [5.41, 5.74) is 0. The van der Waals surface area contributed by atoms with Crippen molar-refractivity contribution in [1.29, 1.82) is 0 Å². The van der Waals surface area contributed by atoms with Crippen molar-refractivity contribution in [3.05, 3.63) is 36.5 Å². The molecule has 0 aromatic heterocycles. The van der Waals surface area contributed by atoms with Crippen LogP contribution in [0.4, 0.5) is 0 Å². The molecule has 53 heavy (non-hydrogen) atoms. The number of aliphatic hydroxyl groups is 1. The summed E-state index contributed by atoms with van der Waals surface area (Å²) in [6.07, 6.45) is 43.4. The Morgan fingerprint density at radius 1 is 0.679 bits per heavy atom. The second-order valence-electron chi connectivity index (χ2n) is 16.0. The molecule has 3 unspecified atom stereocenters. The van der Waals surface area contributed by atoms with Gasteiger partial charge in [0.05, 0.1) is 39.9 Å². The number of phosphoric acid groups is 1. The van der Waals surface area contributed by atoms with Crippen LogP contribution in [0.15, 0.2) is 36.5 Å². The normalized spacial score (nSPS) is 14.8. The molecular weight excluding hydrogens is 683 g/mol. The average molecular weight is 769 g/mol. The largest absolute Gasteiger partial charge is 0.756 e. The number of carbonyl (C=O) groups is 1. The van der Waals surface area contributed by atoms with Crippen molar-refractivity contribution < 1.29 is 32.9 Å². The molecule has 0 saturated carbocycles. The zero-order chi connectivity index (χ0) is 39.3. The number of rotatable bonds is 39. The summed E-state index contributed by atoms with van der Waals surface area (Å²) in [4.78, 5) is 25.2. The monoisotopic (exact) mass is 769 g/mol. The Balaban J connectivity index is 4.27. The minimum Gasteiger partial charge on any atom is -0.756 e. The lowest BCUT2D eigenvalue weighted by Gasteiger charge is -2.29. The predicted octanol–water partition coefficient (Wildman–Crippen LogP) is 11.3. The topological polar surface area (TPSA) is 108 Å². The van der Waals surface area contributed by atoms with E-state index in [2.05, 4.69) is 43.5 Å². The lowest BCUT2D eigenvalue weighted by Crippen LogP contribution is -2.45. The van der Waals surface area contributed by atoms with Crippen molar-refractivity contribution in [3.8, 4) is 0 Å². The lowest BCUT2D eigenvalue weighted by molar-refractivity contribution is -0.870. The average Bonchev–Trinajstić information content (AvgIpc) is 3.10. The third kappa shape index (κ3) is 38.8. The Bertz CT molecular complexity index is 964. The first-order valence-corrected chi connectivity index (χ1v) is 23.3. The Morgan fingerprint density at radius 3 is 1.66 bits per heavy atom. The molecule has 0 fully saturated rings. The van der Waals surface area contributed by atoms with Crippen LogP contribution in [0.5, 0.6) is 0 Å². The van der Waals surface area contributed by atoms with Crippen LogP contribution in [0.1, 0.15) is 187 Å². The van der Waals surface area contributed by atoms with Crippen LogP contribution >= 0.6 is 7.82 Å². The SMILES string of the molecule is CC/C=C\C/C=C\CCCCCCCCCCCCCCCCC(=O)NC(COP(=O)([O-])OCC[N+](C)(C)C)C(O)/C=C/CCCCCCCCCC. The van der Waals surface area contributed by atoms with Crippen LogP contribution in [-0.4, -0.2) is 68.5 Å². The fourth-order valence-corrected chi connectivity index (χ4v) is 6.85. The van der Waals surface area contributed by atoms with Crippen LogP contribution in [0.2, 0.25) is 0 Å². The summed E-state index contributed by atoms with van der Waals surface area (Å²) in [5.74, 6) is -0.201. The fourth-order valence-electron chi connectivity index (χ4n) is 6.13. The molecule has 0 saturated heterocycles. The van der Waals surface area contributed by atoms with E-state index in [1.165, 1.54) is 116 Å². The quantitative estimate of drug-likeness (QED) is 0.0279. The summed E-state index contributed by atoms with van der Waals surface area (Å²) in [5, 5.41) is 13.7. The van der Waals surface area contributed by atoms with E-state index in [-0.39, 0.29) is 19.1 Å². The summed E-state index contributed by atoms with van der Waals surface area (Å²) in [7, 11) is 1.26. The molecule has 8 nitrogen and oxygen atoms in total. The van der Waals surface area contributed by atoms with Gasteiger partial charge in [-0.3, -0.25) is 9.36 Å². The van der Waals surface area contributed by atoms with E-state index < -0.39 is 20.0 Å². The molecule has 0 rings (SSSR count). The lowest BCUT2D eigenvalue weighted by atomic mass is 10.0. The first-order valence-electron chi connectivity index (χ1n) is 21.9. The van der Waals surface area contributed by atoms with Gasteiger partial charge >= 0.3 is 0 Å². The highest BCUT2D eigenvalue weighted by molar-refractivity contribution is 7.45. The number of nitrogens with one attached hydrogen (secondary N) is 1. The molecule has 0 heterocycles. The van der Waals surface area contributed by atoms with E-state index in [4.69, 9.17) is 9.05 Å². The molecule has 0 aliphatic carbocycles. The molecular formula is C44H85N2O6P. The molecule has 3 atom stereocenters. The van der Waals surface area contributed by atoms with Gasteiger partial charge in [-0.25, -0.2) is 0 Å². The Morgan fingerprint density at radius 2 is 1.15 bits per heavy atom. The number of allylic oxidation sites excluding steroid dienone is 5. The van der Waals surface area contributed by atoms with Crippen LogP contribution in [0, 0.1) is 0 Å². The van der Waals surface area contributed by atoms with Crippen molar-refractivity contribution in [2.24, 2.45) is 0 Å². The second kappa shape index (κ2) is 36.4. The Kier molecular flexibility index (Phi) is 35.5.